The number of nitrogens with zero attached hydrogens (tertiary/aromatic N) is 2. The van der Waals surface area contributed by atoms with Crippen LogP contribution in [-0.4, -0.2) is 15.7 Å². The molecule has 0 spiro atoms. The first-order valence-electron chi connectivity index (χ1n) is 6.05. The standard InChI is InChI=1S/C14H13ClN2S/c15-14-13-11(7-4-8-18-13)16-12(17-14)9-10-5-2-1-3-6-10/h1-3,5-6H,4,7-9H2. The lowest BCUT2D eigenvalue weighted by molar-refractivity contribution is 0.798. The summed E-state index contributed by atoms with van der Waals surface area (Å²) in [6, 6.07) is 10.3. The van der Waals surface area contributed by atoms with Crippen LogP contribution in [0.25, 0.3) is 0 Å². The van der Waals surface area contributed by atoms with Crippen LogP contribution in [0.3, 0.4) is 0 Å². The Bertz CT molecular complexity index is 557. The number of rotatable bonds is 2. The van der Waals surface area contributed by atoms with E-state index >= 15 is 0 Å². The second kappa shape index (κ2) is 5.29. The van der Waals surface area contributed by atoms with Crippen molar-refractivity contribution < 1.29 is 0 Å². The van der Waals surface area contributed by atoms with Gasteiger partial charge in [-0.1, -0.05) is 41.9 Å². The van der Waals surface area contributed by atoms with Crippen molar-refractivity contribution >= 4 is 23.4 Å². The highest BCUT2D eigenvalue weighted by molar-refractivity contribution is 7.99. The summed E-state index contributed by atoms with van der Waals surface area (Å²) in [6.45, 7) is 0. The number of benzene rings is 1. The molecule has 0 saturated carbocycles. The largest absolute Gasteiger partial charge is 0.236 e. The highest BCUT2D eigenvalue weighted by Gasteiger charge is 2.17. The van der Waals surface area contributed by atoms with Crippen LogP contribution in [0.1, 0.15) is 23.5 Å². The monoisotopic (exact) mass is 276 g/mol. The Morgan fingerprint density at radius 1 is 1.17 bits per heavy atom. The van der Waals surface area contributed by atoms with Gasteiger partial charge in [-0.2, -0.15) is 0 Å². The third-order valence-electron chi connectivity index (χ3n) is 2.95. The number of halogens is 1. The molecule has 0 bridgehead atoms. The molecule has 1 aromatic carbocycles. The first-order chi connectivity index (χ1) is 8.83. The highest BCUT2D eigenvalue weighted by Crippen LogP contribution is 2.33. The van der Waals surface area contributed by atoms with Crippen molar-refractivity contribution in [3.8, 4) is 0 Å². The summed E-state index contributed by atoms with van der Waals surface area (Å²) in [5, 5.41) is 0.621. The zero-order valence-corrected chi connectivity index (χ0v) is 11.5. The second-order valence-electron chi connectivity index (χ2n) is 4.32. The van der Waals surface area contributed by atoms with Gasteiger partial charge in [0, 0.05) is 6.42 Å². The molecule has 0 saturated heterocycles. The van der Waals surface area contributed by atoms with Crippen molar-refractivity contribution in [3.63, 3.8) is 0 Å². The van der Waals surface area contributed by atoms with Gasteiger partial charge >= 0.3 is 0 Å². The van der Waals surface area contributed by atoms with Gasteiger partial charge < -0.3 is 0 Å². The summed E-state index contributed by atoms with van der Waals surface area (Å²) in [5.41, 5.74) is 2.34. The summed E-state index contributed by atoms with van der Waals surface area (Å²) in [5.74, 6) is 1.95. The molecule has 0 N–H and O–H groups in total. The molecule has 2 heterocycles. The fourth-order valence-electron chi connectivity index (χ4n) is 2.10. The van der Waals surface area contributed by atoms with Gasteiger partial charge in [-0.05, 0) is 24.2 Å². The summed E-state index contributed by atoms with van der Waals surface area (Å²) < 4.78 is 0. The van der Waals surface area contributed by atoms with Crippen molar-refractivity contribution in [3.05, 3.63) is 52.6 Å². The Morgan fingerprint density at radius 3 is 2.83 bits per heavy atom. The van der Waals surface area contributed by atoms with E-state index in [0.29, 0.717) is 5.15 Å². The molecule has 1 aliphatic heterocycles. The number of hydrogen-bond donors (Lipinski definition) is 0. The minimum atomic E-state index is 0.621. The average Bonchev–Trinajstić information content (AvgIpc) is 2.40. The minimum Gasteiger partial charge on any atom is -0.236 e. The molecule has 2 nitrogen and oxygen atoms in total. The molecule has 0 atom stereocenters. The van der Waals surface area contributed by atoms with Gasteiger partial charge in [0.1, 0.15) is 11.0 Å². The molecule has 0 unspecified atom stereocenters. The number of aryl methyl sites for hydroxylation is 1. The van der Waals surface area contributed by atoms with Crippen molar-refractivity contribution in [2.45, 2.75) is 24.2 Å². The topological polar surface area (TPSA) is 25.8 Å². The maximum atomic E-state index is 6.24. The van der Waals surface area contributed by atoms with Crippen LogP contribution in [0, 0.1) is 0 Å². The van der Waals surface area contributed by atoms with Crippen molar-refractivity contribution in [1.29, 1.82) is 0 Å². The Labute approximate surface area is 116 Å². The van der Waals surface area contributed by atoms with Gasteiger partial charge in [0.05, 0.1) is 10.6 Å². The molecule has 0 radical (unpaired) electrons. The van der Waals surface area contributed by atoms with Crippen LogP contribution >= 0.6 is 23.4 Å². The Kier molecular flexibility index (Phi) is 3.52. The summed E-state index contributed by atoms with van der Waals surface area (Å²) >= 11 is 8.01. The smallest absolute Gasteiger partial charge is 0.146 e. The summed E-state index contributed by atoms with van der Waals surface area (Å²) in [4.78, 5) is 10.2. The van der Waals surface area contributed by atoms with Gasteiger partial charge in [-0.3, -0.25) is 0 Å². The quantitative estimate of drug-likeness (QED) is 0.781. The van der Waals surface area contributed by atoms with E-state index in [-0.39, 0.29) is 0 Å². The maximum absolute atomic E-state index is 6.24. The molecular formula is C14H13ClN2S. The zero-order chi connectivity index (χ0) is 12.4. The van der Waals surface area contributed by atoms with Gasteiger partial charge in [0.15, 0.2) is 0 Å². The molecule has 4 heteroatoms. The predicted octanol–water partition coefficient (Wildman–Crippen LogP) is 3.76. The lowest BCUT2D eigenvalue weighted by Crippen LogP contribution is -2.07. The van der Waals surface area contributed by atoms with Crippen LogP contribution < -0.4 is 0 Å². The van der Waals surface area contributed by atoms with E-state index in [1.54, 1.807) is 11.8 Å². The lowest BCUT2D eigenvalue weighted by Gasteiger charge is -2.15. The molecule has 0 aliphatic carbocycles. The van der Waals surface area contributed by atoms with Gasteiger partial charge in [-0.25, -0.2) is 9.97 Å². The maximum Gasteiger partial charge on any atom is 0.146 e. The Balaban J connectivity index is 1.91. The first kappa shape index (κ1) is 12.0. The fourth-order valence-corrected chi connectivity index (χ4v) is 3.44. The normalized spacial score (nSPS) is 14.3. The number of thioether (sulfide) groups is 1. The van der Waals surface area contributed by atoms with E-state index in [4.69, 9.17) is 11.6 Å². The van der Waals surface area contributed by atoms with Crippen LogP contribution in [-0.2, 0) is 12.8 Å². The first-order valence-corrected chi connectivity index (χ1v) is 7.41. The third-order valence-corrected chi connectivity index (χ3v) is 4.55. The van der Waals surface area contributed by atoms with E-state index < -0.39 is 0 Å². The van der Waals surface area contributed by atoms with Crippen molar-refractivity contribution in [2.24, 2.45) is 0 Å². The molecule has 92 valence electrons. The zero-order valence-electron chi connectivity index (χ0n) is 9.90. The molecule has 0 fully saturated rings. The molecule has 18 heavy (non-hydrogen) atoms. The predicted molar refractivity (Wildman–Crippen MR) is 75.3 cm³/mol. The van der Waals surface area contributed by atoms with Crippen LogP contribution in [0.4, 0.5) is 0 Å². The number of fused-ring (bicyclic) bond motifs is 1. The summed E-state index contributed by atoms with van der Waals surface area (Å²) in [7, 11) is 0. The van der Waals surface area contributed by atoms with Crippen molar-refractivity contribution in [1.82, 2.24) is 9.97 Å². The lowest BCUT2D eigenvalue weighted by atomic mass is 10.1. The molecule has 2 aromatic rings. The molecule has 0 amide bonds. The summed E-state index contributed by atoms with van der Waals surface area (Å²) in [6.07, 6.45) is 2.95. The van der Waals surface area contributed by atoms with Gasteiger partial charge in [0.2, 0.25) is 0 Å². The van der Waals surface area contributed by atoms with E-state index in [9.17, 15) is 0 Å². The molecular weight excluding hydrogens is 264 g/mol. The Morgan fingerprint density at radius 2 is 2.00 bits per heavy atom. The van der Waals surface area contributed by atoms with E-state index in [1.165, 1.54) is 12.0 Å². The van der Waals surface area contributed by atoms with Crippen molar-refractivity contribution in [2.75, 3.05) is 5.75 Å². The minimum absolute atomic E-state index is 0.621. The third kappa shape index (κ3) is 2.52. The average molecular weight is 277 g/mol. The van der Waals surface area contributed by atoms with E-state index in [1.807, 2.05) is 18.2 Å². The fraction of sp³-hybridized carbons (Fsp3) is 0.286. The van der Waals surface area contributed by atoms with Gasteiger partial charge in [0.25, 0.3) is 0 Å². The van der Waals surface area contributed by atoms with E-state index in [2.05, 4.69) is 22.1 Å². The molecule has 3 rings (SSSR count). The highest BCUT2D eigenvalue weighted by atomic mass is 35.5. The van der Waals surface area contributed by atoms with E-state index in [0.717, 1.165) is 35.0 Å². The van der Waals surface area contributed by atoms with Crippen LogP contribution in [0.2, 0.25) is 5.15 Å². The molecule has 1 aliphatic rings. The number of aromatic nitrogens is 2. The van der Waals surface area contributed by atoms with Crippen LogP contribution in [0.5, 0.6) is 0 Å². The van der Waals surface area contributed by atoms with Gasteiger partial charge in [-0.15, -0.1) is 11.8 Å². The van der Waals surface area contributed by atoms with Crippen LogP contribution in [0.15, 0.2) is 35.2 Å². The SMILES string of the molecule is Clc1nc(Cc2ccccc2)nc2c1SCCC2. The second-order valence-corrected chi connectivity index (χ2v) is 5.78. The molecule has 1 aromatic heterocycles. The Hall–Kier alpha value is -1.06. The number of hydrogen-bond acceptors (Lipinski definition) is 3.